The van der Waals surface area contributed by atoms with Crippen LogP contribution < -0.4 is 15.4 Å². The third-order valence-electron chi connectivity index (χ3n) is 4.26. The summed E-state index contributed by atoms with van der Waals surface area (Å²) in [4.78, 5) is 18.2. The van der Waals surface area contributed by atoms with Crippen LogP contribution in [0.2, 0.25) is 0 Å². The Labute approximate surface area is 167 Å². The standard InChI is InChI=1S/C22H30N4O2/c1-6-23-22(25-15-19-10-7-16(2)13-20(19)28-5)24-14-17-8-11-18(12-9-17)21(27)26(3)4/h7-13H,6,14-15H2,1-5H3,(H2,23,24,25). The molecule has 2 N–H and O–H groups in total. The average molecular weight is 383 g/mol. The predicted molar refractivity (Wildman–Crippen MR) is 114 cm³/mol. The van der Waals surface area contributed by atoms with Gasteiger partial charge in [0, 0.05) is 38.3 Å². The van der Waals surface area contributed by atoms with Crippen LogP contribution >= 0.6 is 0 Å². The zero-order chi connectivity index (χ0) is 20.5. The predicted octanol–water partition coefficient (Wildman–Crippen LogP) is 2.96. The maximum atomic E-state index is 12.0. The summed E-state index contributed by atoms with van der Waals surface area (Å²) in [6.07, 6.45) is 0. The Morgan fingerprint density at radius 2 is 1.82 bits per heavy atom. The zero-order valence-electron chi connectivity index (χ0n) is 17.4. The van der Waals surface area contributed by atoms with Gasteiger partial charge in [-0.15, -0.1) is 0 Å². The fourth-order valence-electron chi connectivity index (χ4n) is 2.70. The second-order valence-corrected chi connectivity index (χ2v) is 6.76. The summed E-state index contributed by atoms with van der Waals surface area (Å²) >= 11 is 0. The van der Waals surface area contributed by atoms with Gasteiger partial charge < -0.3 is 20.3 Å². The molecule has 0 bridgehead atoms. The molecule has 0 aliphatic heterocycles. The Morgan fingerprint density at radius 3 is 2.43 bits per heavy atom. The van der Waals surface area contributed by atoms with Crippen LogP contribution in [0.1, 0.15) is 34.0 Å². The van der Waals surface area contributed by atoms with Gasteiger partial charge in [0.1, 0.15) is 5.75 Å². The van der Waals surface area contributed by atoms with Gasteiger partial charge in [-0.1, -0.05) is 24.3 Å². The minimum atomic E-state index is -0.00268. The molecule has 0 aliphatic rings. The Balaban J connectivity index is 2.03. The fraction of sp³-hybridized carbons (Fsp3) is 0.364. The third-order valence-corrected chi connectivity index (χ3v) is 4.26. The smallest absolute Gasteiger partial charge is 0.253 e. The van der Waals surface area contributed by atoms with Crippen LogP contribution in [0.25, 0.3) is 0 Å². The maximum Gasteiger partial charge on any atom is 0.253 e. The number of carbonyl (C=O) groups is 1. The molecule has 0 atom stereocenters. The highest BCUT2D eigenvalue weighted by Crippen LogP contribution is 2.19. The molecule has 0 aromatic heterocycles. The number of ether oxygens (including phenoxy) is 1. The first-order valence-corrected chi connectivity index (χ1v) is 9.41. The molecule has 0 fully saturated rings. The monoisotopic (exact) mass is 382 g/mol. The van der Waals surface area contributed by atoms with E-state index in [0.717, 1.165) is 34.9 Å². The van der Waals surface area contributed by atoms with Gasteiger partial charge in [-0.05, 0) is 43.2 Å². The van der Waals surface area contributed by atoms with E-state index in [0.29, 0.717) is 18.7 Å². The lowest BCUT2D eigenvalue weighted by molar-refractivity contribution is 0.0827. The van der Waals surface area contributed by atoms with E-state index < -0.39 is 0 Å². The molecule has 1 amide bonds. The average Bonchev–Trinajstić information content (AvgIpc) is 2.70. The first-order valence-electron chi connectivity index (χ1n) is 9.41. The highest BCUT2D eigenvalue weighted by atomic mass is 16.5. The molecule has 0 heterocycles. The van der Waals surface area contributed by atoms with Crippen LogP contribution in [0, 0.1) is 6.92 Å². The van der Waals surface area contributed by atoms with E-state index in [1.807, 2.05) is 44.2 Å². The van der Waals surface area contributed by atoms with Crippen molar-refractivity contribution in [2.75, 3.05) is 27.7 Å². The summed E-state index contributed by atoms with van der Waals surface area (Å²) in [6, 6.07) is 13.7. The minimum Gasteiger partial charge on any atom is -0.496 e. The van der Waals surface area contributed by atoms with Crippen molar-refractivity contribution in [3.63, 3.8) is 0 Å². The summed E-state index contributed by atoms with van der Waals surface area (Å²) in [5, 5.41) is 6.60. The van der Waals surface area contributed by atoms with Gasteiger partial charge >= 0.3 is 0 Å². The van der Waals surface area contributed by atoms with E-state index in [1.54, 1.807) is 26.1 Å². The summed E-state index contributed by atoms with van der Waals surface area (Å²) in [5.41, 5.74) is 3.96. The van der Waals surface area contributed by atoms with Crippen LogP contribution in [-0.2, 0) is 13.1 Å². The van der Waals surface area contributed by atoms with Crippen LogP contribution in [0.15, 0.2) is 47.5 Å². The number of guanidine groups is 1. The molecule has 150 valence electrons. The summed E-state index contributed by atoms with van der Waals surface area (Å²) in [5.74, 6) is 1.60. The molecule has 0 radical (unpaired) electrons. The molecule has 0 unspecified atom stereocenters. The minimum absolute atomic E-state index is 0.00268. The molecular weight excluding hydrogens is 352 g/mol. The van der Waals surface area contributed by atoms with Crippen LogP contribution in [-0.4, -0.2) is 44.5 Å². The lowest BCUT2D eigenvalue weighted by Gasteiger charge is -2.14. The molecule has 6 heteroatoms. The van der Waals surface area contributed by atoms with Crippen LogP contribution in [0.5, 0.6) is 5.75 Å². The topological polar surface area (TPSA) is 66.0 Å². The largest absolute Gasteiger partial charge is 0.496 e. The molecule has 0 saturated heterocycles. The fourth-order valence-corrected chi connectivity index (χ4v) is 2.70. The maximum absolute atomic E-state index is 12.0. The molecule has 2 rings (SSSR count). The number of hydrogen-bond donors (Lipinski definition) is 2. The molecule has 0 aliphatic carbocycles. The molecule has 28 heavy (non-hydrogen) atoms. The quantitative estimate of drug-likeness (QED) is 0.571. The Kier molecular flexibility index (Phi) is 7.87. The van der Waals surface area contributed by atoms with Crippen molar-refractivity contribution < 1.29 is 9.53 Å². The second-order valence-electron chi connectivity index (χ2n) is 6.76. The van der Waals surface area contributed by atoms with Crippen molar-refractivity contribution >= 4 is 11.9 Å². The number of methoxy groups -OCH3 is 1. The number of aryl methyl sites for hydroxylation is 1. The van der Waals surface area contributed by atoms with Crippen molar-refractivity contribution in [3.05, 3.63) is 64.7 Å². The highest BCUT2D eigenvalue weighted by molar-refractivity contribution is 5.93. The van der Waals surface area contributed by atoms with Gasteiger partial charge in [-0.3, -0.25) is 4.79 Å². The van der Waals surface area contributed by atoms with E-state index in [1.165, 1.54) is 0 Å². The van der Waals surface area contributed by atoms with Crippen molar-refractivity contribution in [3.8, 4) is 5.75 Å². The van der Waals surface area contributed by atoms with Gasteiger partial charge in [0.25, 0.3) is 5.91 Å². The Hall–Kier alpha value is -3.02. The van der Waals surface area contributed by atoms with Crippen LogP contribution in [0.3, 0.4) is 0 Å². The molecular formula is C22H30N4O2. The van der Waals surface area contributed by atoms with Crippen molar-refractivity contribution in [1.82, 2.24) is 15.5 Å². The first-order chi connectivity index (χ1) is 13.4. The van der Waals surface area contributed by atoms with E-state index >= 15 is 0 Å². The molecule has 2 aromatic rings. The number of amides is 1. The summed E-state index contributed by atoms with van der Waals surface area (Å²) in [7, 11) is 5.18. The number of nitrogens with one attached hydrogen (secondary N) is 2. The normalized spacial score (nSPS) is 11.1. The van der Waals surface area contributed by atoms with Gasteiger partial charge in [0.05, 0.1) is 13.7 Å². The highest BCUT2D eigenvalue weighted by Gasteiger charge is 2.08. The lowest BCUT2D eigenvalue weighted by atomic mass is 10.1. The Morgan fingerprint density at radius 1 is 1.11 bits per heavy atom. The molecule has 6 nitrogen and oxygen atoms in total. The van der Waals surface area contributed by atoms with Gasteiger partial charge in [0.2, 0.25) is 0 Å². The number of nitrogens with zero attached hydrogens (tertiary/aromatic N) is 2. The first kappa shape index (κ1) is 21.3. The number of hydrogen-bond acceptors (Lipinski definition) is 3. The number of rotatable bonds is 7. The van der Waals surface area contributed by atoms with Crippen molar-refractivity contribution in [1.29, 1.82) is 0 Å². The second kappa shape index (κ2) is 10.3. The third kappa shape index (κ3) is 6.01. The number of carbonyl (C=O) groups excluding carboxylic acids is 1. The summed E-state index contributed by atoms with van der Waals surface area (Å²) < 4.78 is 5.46. The molecule has 0 saturated carbocycles. The van der Waals surface area contributed by atoms with E-state index in [9.17, 15) is 4.79 Å². The van der Waals surface area contributed by atoms with E-state index in [4.69, 9.17) is 4.74 Å². The van der Waals surface area contributed by atoms with Crippen LogP contribution in [0.4, 0.5) is 0 Å². The summed E-state index contributed by atoms with van der Waals surface area (Å²) in [6.45, 7) is 5.99. The van der Waals surface area contributed by atoms with Gasteiger partial charge in [0.15, 0.2) is 5.96 Å². The lowest BCUT2D eigenvalue weighted by Crippen LogP contribution is -2.36. The van der Waals surface area contributed by atoms with E-state index in [-0.39, 0.29) is 5.91 Å². The van der Waals surface area contributed by atoms with E-state index in [2.05, 4.69) is 27.8 Å². The van der Waals surface area contributed by atoms with Crippen molar-refractivity contribution in [2.45, 2.75) is 26.9 Å². The Bertz CT molecular complexity index is 814. The molecule has 0 spiro atoms. The van der Waals surface area contributed by atoms with Gasteiger partial charge in [-0.2, -0.15) is 0 Å². The SMILES string of the molecule is CCNC(=NCc1ccc(C(=O)N(C)C)cc1)NCc1ccc(C)cc1OC. The number of aliphatic imine (C=N–C) groups is 1. The van der Waals surface area contributed by atoms with Crippen molar-refractivity contribution in [2.24, 2.45) is 4.99 Å². The van der Waals surface area contributed by atoms with Gasteiger partial charge in [-0.25, -0.2) is 4.99 Å². The molecule has 2 aromatic carbocycles. The number of benzene rings is 2. The zero-order valence-corrected chi connectivity index (χ0v) is 17.4.